The number of hydrogen-bond acceptors (Lipinski definition) is 1. The quantitative estimate of drug-likeness (QED) is 0.715. The molecule has 0 saturated heterocycles. The van der Waals surface area contributed by atoms with Crippen LogP contribution >= 0.6 is 34.8 Å². The van der Waals surface area contributed by atoms with Crippen LogP contribution in [0.1, 0.15) is 30.4 Å². The SMILES string of the molecule is CCC(c1ccc(Cl)cc1N)c1ccc(Cl)cc1Cl. The molecule has 0 amide bonds. The van der Waals surface area contributed by atoms with Gasteiger partial charge in [-0.25, -0.2) is 0 Å². The second-order valence-electron chi connectivity index (χ2n) is 4.40. The fourth-order valence-electron chi connectivity index (χ4n) is 2.25. The molecular formula is C15H14Cl3N. The number of hydrogen-bond donors (Lipinski definition) is 1. The van der Waals surface area contributed by atoms with Crippen LogP contribution in [0.5, 0.6) is 0 Å². The van der Waals surface area contributed by atoms with Gasteiger partial charge in [-0.2, -0.15) is 0 Å². The largest absolute Gasteiger partial charge is 0.398 e. The first kappa shape index (κ1) is 14.5. The Morgan fingerprint density at radius 1 is 0.947 bits per heavy atom. The maximum absolute atomic E-state index is 6.29. The third-order valence-corrected chi connectivity index (χ3v) is 3.97. The maximum atomic E-state index is 6.29. The first-order chi connectivity index (χ1) is 9.02. The summed E-state index contributed by atoms with van der Waals surface area (Å²) in [4.78, 5) is 0. The number of anilines is 1. The molecule has 0 aromatic heterocycles. The standard InChI is InChI=1S/C15H14Cl3N/c1-2-11(12-5-3-9(16)7-14(12)18)13-6-4-10(17)8-15(13)19/h3-8,11H,2,19H2,1H3. The molecule has 1 unspecified atom stereocenters. The molecule has 0 heterocycles. The highest BCUT2D eigenvalue weighted by molar-refractivity contribution is 6.35. The highest BCUT2D eigenvalue weighted by Gasteiger charge is 2.18. The summed E-state index contributed by atoms with van der Waals surface area (Å²) in [6.45, 7) is 2.10. The van der Waals surface area contributed by atoms with Crippen LogP contribution in [0.2, 0.25) is 15.1 Å². The zero-order valence-corrected chi connectivity index (χ0v) is 12.7. The molecule has 1 atom stereocenters. The summed E-state index contributed by atoms with van der Waals surface area (Å²) in [7, 11) is 0. The average molecular weight is 315 g/mol. The van der Waals surface area contributed by atoms with Gasteiger partial charge in [-0.1, -0.05) is 53.9 Å². The van der Waals surface area contributed by atoms with E-state index in [0.717, 1.165) is 17.5 Å². The zero-order chi connectivity index (χ0) is 14.0. The molecule has 0 bridgehead atoms. The normalized spacial score (nSPS) is 12.4. The van der Waals surface area contributed by atoms with Crippen LogP contribution in [-0.2, 0) is 0 Å². The van der Waals surface area contributed by atoms with Crippen molar-refractivity contribution in [2.75, 3.05) is 5.73 Å². The lowest BCUT2D eigenvalue weighted by Crippen LogP contribution is -2.04. The predicted octanol–water partition coefficient (Wildman–Crippen LogP) is 5.77. The minimum absolute atomic E-state index is 0.141. The topological polar surface area (TPSA) is 26.0 Å². The summed E-state index contributed by atoms with van der Waals surface area (Å²) < 4.78 is 0. The molecule has 2 N–H and O–H groups in total. The number of benzene rings is 2. The number of nitrogen functional groups attached to an aromatic ring is 1. The molecular weight excluding hydrogens is 301 g/mol. The monoisotopic (exact) mass is 313 g/mol. The lowest BCUT2D eigenvalue weighted by Gasteiger charge is -2.19. The van der Waals surface area contributed by atoms with E-state index >= 15 is 0 Å². The highest BCUT2D eigenvalue weighted by Crippen LogP contribution is 2.37. The summed E-state index contributed by atoms with van der Waals surface area (Å²) in [6.07, 6.45) is 0.896. The van der Waals surface area contributed by atoms with Crippen molar-refractivity contribution in [3.8, 4) is 0 Å². The minimum Gasteiger partial charge on any atom is -0.398 e. The van der Waals surface area contributed by atoms with Crippen LogP contribution in [0.15, 0.2) is 36.4 Å². The highest BCUT2D eigenvalue weighted by atomic mass is 35.5. The molecule has 1 nitrogen and oxygen atoms in total. The van der Waals surface area contributed by atoms with E-state index < -0.39 is 0 Å². The number of halogens is 3. The van der Waals surface area contributed by atoms with Gasteiger partial charge in [-0.05, 0) is 41.8 Å². The maximum Gasteiger partial charge on any atom is 0.0459 e. The van der Waals surface area contributed by atoms with Gasteiger partial charge in [0.1, 0.15) is 0 Å². The Hall–Kier alpha value is -0.890. The van der Waals surface area contributed by atoms with Crippen LogP contribution in [0.25, 0.3) is 0 Å². The molecule has 2 aromatic carbocycles. The van der Waals surface area contributed by atoms with Crippen molar-refractivity contribution < 1.29 is 0 Å². The smallest absolute Gasteiger partial charge is 0.0459 e. The van der Waals surface area contributed by atoms with Gasteiger partial charge in [-0.3, -0.25) is 0 Å². The minimum atomic E-state index is 0.141. The molecule has 0 radical (unpaired) electrons. The van der Waals surface area contributed by atoms with E-state index in [9.17, 15) is 0 Å². The third-order valence-electron chi connectivity index (χ3n) is 3.17. The van der Waals surface area contributed by atoms with Gasteiger partial charge in [0.15, 0.2) is 0 Å². The summed E-state index contributed by atoms with van der Waals surface area (Å²) >= 11 is 18.2. The summed E-state index contributed by atoms with van der Waals surface area (Å²) in [6, 6.07) is 11.1. The van der Waals surface area contributed by atoms with Crippen LogP contribution in [0.4, 0.5) is 5.69 Å². The molecule has 2 aromatic rings. The Labute approximate surface area is 128 Å². The molecule has 0 aliphatic carbocycles. The number of nitrogens with two attached hydrogens (primary N) is 1. The summed E-state index contributed by atoms with van der Waals surface area (Å²) in [5.41, 5.74) is 8.82. The van der Waals surface area contributed by atoms with Gasteiger partial charge in [0.25, 0.3) is 0 Å². The van der Waals surface area contributed by atoms with E-state index in [2.05, 4.69) is 6.92 Å². The molecule has 100 valence electrons. The molecule has 0 saturated carbocycles. The van der Waals surface area contributed by atoms with E-state index in [-0.39, 0.29) is 5.92 Å². The fourth-order valence-corrected chi connectivity index (χ4v) is 2.98. The fraction of sp³-hybridized carbons (Fsp3) is 0.200. The molecule has 19 heavy (non-hydrogen) atoms. The van der Waals surface area contributed by atoms with Crippen molar-refractivity contribution in [3.63, 3.8) is 0 Å². The van der Waals surface area contributed by atoms with Gasteiger partial charge in [0.2, 0.25) is 0 Å². The number of rotatable bonds is 3. The van der Waals surface area contributed by atoms with Gasteiger partial charge in [-0.15, -0.1) is 0 Å². The molecule has 0 spiro atoms. The zero-order valence-electron chi connectivity index (χ0n) is 10.5. The van der Waals surface area contributed by atoms with Crippen LogP contribution < -0.4 is 5.73 Å². The third kappa shape index (κ3) is 3.17. The molecule has 4 heteroatoms. The molecule has 2 rings (SSSR count). The predicted molar refractivity (Wildman–Crippen MR) is 84.5 cm³/mol. The Bertz CT molecular complexity index is 544. The van der Waals surface area contributed by atoms with E-state index in [1.807, 2.05) is 24.3 Å². The Kier molecular flexibility index (Phi) is 4.62. The van der Waals surface area contributed by atoms with Crippen molar-refractivity contribution in [1.29, 1.82) is 0 Å². The van der Waals surface area contributed by atoms with Gasteiger partial charge >= 0.3 is 0 Å². The van der Waals surface area contributed by atoms with E-state index in [1.54, 1.807) is 12.1 Å². The first-order valence-electron chi connectivity index (χ1n) is 6.02. The van der Waals surface area contributed by atoms with Gasteiger partial charge in [0.05, 0.1) is 0 Å². The van der Waals surface area contributed by atoms with Crippen LogP contribution in [0, 0.1) is 0 Å². The molecule has 0 aliphatic rings. The van der Waals surface area contributed by atoms with E-state index in [0.29, 0.717) is 20.8 Å². The Morgan fingerprint density at radius 3 is 2.05 bits per heavy atom. The van der Waals surface area contributed by atoms with Crippen molar-refractivity contribution in [3.05, 3.63) is 62.6 Å². The Morgan fingerprint density at radius 2 is 1.53 bits per heavy atom. The lowest BCUT2D eigenvalue weighted by atomic mass is 9.88. The van der Waals surface area contributed by atoms with Crippen molar-refractivity contribution in [2.24, 2.45) is 0 Å². The van der Waals surface area contributed by atoms with Gasteiger partial charge in [0, 0.05) is 26.7 Å². The van der Waals surface area contributed by atoms with E-state index in [1.165, 1.54) is 0 Å². The van der Waals surface area contributed by atoms with Crippen LogP contribution in [0.3, 0.4) is 0 Å². The molecule has 0 fully saturated rings. The lowest BCUT2D eigenvalue weighted by molar-refractivity contribution is 0.780. The van der Waals surface area contributed by atoms with Crippen molar-refractivity contribution in [2.45, 2.75) is 19.3 Å². The Balaban J connectivity index is 2.50. The summed E-state index contributed by atoms with van der Waals surface area (Å²) in [5, 5.41) is 1.93. The van der Waals surface area contributed by atoms with Gasteiger partial charge < -0.3 is 5.73 Å². The van der Waals surface area contributed by atoms with E-state index in [4.69, 9.17) is 40.5 Å². The molecule has 0 aliphatic heterocycles. The first-order valence-corrected chi connectivity index (χ1v) is 7.16. The second-order valence-corrected chi connectivity index (χ2v) is 5.68. The van der Waals surface area contributed by atoms with Crippen molar-refractivity contribution >= 4 is 40.5 Å². The summed E-state index contributed by atoms with van der Waals surface area (Å²) in [5.74, 6) is 0.141. The van der Waals surface area contributed by atoms with Crippen LogP contribution in [-0.4, -0.2) is 0 Å². The van der Waals surface area contributed by atoms with Crippen molar-refractivity contribution in [1.82, 2.24) is 0 Å². The second kappa shape index (κ2) is 6.04. The average Bonchev–Trinajstić information content (AvgIpc) is 2.34.